The Balaban J connectivity index is 2.28. The van der Waals surface area contributed by atoms with Gasteiger partial charge in [-0.05, 0) is 18.2 Å². The molecule has 1 amide bonds. The number of hydrogen-bond donors (Lipinski definition) is 1. The van der Waals surface area contributed by atoms with Gasteiger partial charge in [-0.3, -0.25) is 4.79 Å². The highest BCUT2D eigenvalue weighted by Crippen LogP contribution is 2.24. The van der Waals surface area contributed by atoms with Gasteiger partial charge in [-0.1, -0.05) is 12.1 Å². The molecule has 19 heavy (non-hydrogen) atoms. The summed E-state index contributed by atoms with van der Waals surface area (Å²) >= 11 is 0. The first-order chi connectivity index (χ1) is 9.13. The Hall–Kier alpha value is -2.50. The van der Waals surface area contributed by atoms with Crippen LogP contribution in [0, 0.1) is 11.8 Å². The Morgan fingerprint density at radius 3 is 2.74 bits per heavy atom. The molecule has 0 bridgehead atoms. The van der Waals surface area contributed by atoms with E-state index >= 15 is 0 Å². The van der Waals surface area contributed by atoms with E-state index in [0.29, 0.717) is 11.4 Å². The molecular weight excluding hydrogens is 254 g/mol. The monoisotopic (exact) mass is 264 g/mol. The fourth-order valence-electron chi connectivity index (χ4n) is 1.53. The quantitative estimate of drug-likeness (QED) is 0.867. The molecule has 0 spiro atoms. The lowest BCUT2D eigenvalue weighted by molar-refractivity contribution is 0.102. The smallest absolute Gasteiger partial charge is 0.258 e. The van der Waals surface area contributed by atoms with Crippen LogP contribution in [0.1, 0.15) is 10.4 Å². The number of rotatable bonds is 3. The Morgan fingerprint density at radius 1 is 1.26 bits per heavy atom. The number of carbonyl (C=O) groups excluding carboxylic acids is 1. The number of carbonyl (C=O) groups is 1. The average Bonchev–Trinajstić information content (AvgIpc) is 2.42. The normalized spacial score (nSPS) is 10.1. The lowest BCUT2D eigenvalue weighted by Crippen LogP contribution is -2.15. The lowest BCUT2D eigenvalue weighted by atomic mass is 10.2. The Labute approximate surface area is 108 Å². The minimum absolute atomic E-state index is 0.367. The van der Waals surface area contributed by atoms with E-state index in [9.17, 15) is 13.6 Å². The van der Waals surface area contributed by atoms with Gasteiger partial charge in [0.25, 0.3) is 5.91 Å². The van der Waals surface area contributed by atoms with Crippen molar-refractivity contribution in [3.8, 4) is 5.75 Å². The summed E-state index contributed by atoms with van der Waals surface area (Å²) in [6, 6.07) is 7.73. The first-order valence-electron chi connectivity index (χ1n) is 5.38. The SMILES string of the molecule is COc1ccccc1NC(=O)c1ccnc(F)c1F. The molecule has 0 aliphatic heterocycles. The van der Waals surface area contributed by atoms with Crippen LogP contribution in [0.15, 0.2) is 36.5 Å². The number of pyridine rings is 1. The zero-order chi connectivity index (χ0) is 13.8. The molecule has 0 aliphatic rings. The van der Waals surface area contributed by atoms with Gasteiger partial charge in [0, 0.05) is 6.20 Å². The van der Waals surface area contributed by atoms with E-state index in [0.717, 1.165) is 12.3 Å². The number of nitrogens with one attached hydrogen (secondary N) is 1. The van der Waals surface area contributed by atoms with Crippen LogP contribution in [0.2, 0.25) is 0 Å². The van der Waals surface area contributed by atoms with Crippen molar-refractivity contribution < 1.29 is 18.3 Å². The first kappa shape index (κ1) is 12.9. The molecule has 2 rings (SSSR count). The maximum Gasteiger partial charge on any atom is 0.258 e. The van der Waals surface area contributed by atoms with Gasteiger partial charge in [0.1, 0.15) is 5.75 Å². The van der Waals surface area contributed by atoms with Crippen molar-refractivity contribution in [3.05, 3.63) is 53.9 Å². The van der Waals surface area contributed by atoms with Crippen molar-refractivity contribution in [1.29, 1.82) is 0 Å². The molecule has 1 heterocycles. The van der Waals surface area contributed by atoms with Crippen LogP contribution in [0.5, 0.6) is 5.75 Å². The van der Waals surface area contributed by atoms with E-state index in [2.05, 4.69) is 10.3 Å². The molecule has 1 N–H and O–H groups in total. The van der Waals surface area contributed by atoms with Crippen LogP contribution in [0.4, 0.5) is 14.5 Å². The second-order valence-electron chi connectivity index (χ2n) is 3.62. The Morgan fingerprint density at radius 2 is 2.00 bits per heavy atom. The number of benzene rings is 1. The fourth-order valence-corrected chi connectivity index (χ4v) is 1.53. The number of para-hydroxylation sites is 2. The van der Waals surface area contributed by atoms with Gasteiger partial charge in [0.2, 0.25) is 5.95 Å². The third-order valence-electron chi connectivity index (χ3n) is 2.45. The minimum atomic E-state index is -1.31. The molecule has 4 nitrogen and oxygen atoms in total. The number of methoxy groups -OCH3 is 1. The van der Waals surface area contributed by atoms with E-state index in [1.807, 2.05) is 0 Å². The third-order valence-corrected chi connectivity index (χ3v) is 2.45. The first-order valence-corrected chi connectivity index (χ1v) is 5.38. The number of anilines is 1. The molecule has 2 aromatic rings. The van der Waals surface area contributed by atoms with Crippen molar-refractivity contribution in [1.82, 2.24) is 4.98 Å². The number of amides is 1. The third kappa shape index (κ3) is 2.67. The van der Waals surface area contributed by atoms with Crippen molar-refractivity contribution in [2.75, 3.05) is 12.4 Å². The molecule has 1 aromatic heterocycles. The number of halogens is 2. The van der Waals surface area contributed by atoms with Crippen LogP contribution in [-0.4, -0.2) is 18.0 Å². The highest BCUT2D eigenvalue weighted by molar-refractivity contribution is 6.05. The second kappa shape index (κ2) is 5.43. The van der Waals surface area contributed by atoms with E-state index in [-0.39, 0.29) is 0 Å². The highest BCUT2D eigenvalue weighted by Gasteiger charge is 2.17. The summed E-state index contributed by atoms with van der Waals surface area (Å²) in [6.07, 6.45) is 1.02. The molecule has 0 saturated carbocycles. The highest BCUT2D eigenvalue weighted by atomic mass is 19.2. The van der Waals surface area contributed by atoms with Crippen molar-refractivity contribution in [2.45, 2.75) is 0 Å². The van der Waals surface area contributed by atoms with Gasteiger partial charge in [-0.15, -0.1) is 0 Å². The average molecular weight is 264 g/mol. The second-order valence-corrected chi connectivity index (χ2v) is 3.62. The van der Waals surface area contributed by atoms with Crippen LogP contribution in [0.25, 0.3) is 0 Å². The van der Waals surface area contributed by atoms with Crippen LogP contribution >= 0.6 is 0 Å². The van der Waals surface area contributed by atoms with Crippen molar-refractivity contribution in [2.24, 2.45) is 0 Å². The van der Waals surface area contributed by atoms with Gasteiger partial charge in [-0.25, -0.2) is 9.37 Å². The van der Waals surface area contributed by atoms with Crippen molar-refractivity contribution in [3.63, 3.8) is 0 Å². The Kier molecular flexibility index (Phi) is 3.70. The minimum Gasteiger partial charge on any atom is -0.495 e. The van der Waals surface area contributed by atoms with E-state index in [1.165, 1.54) is 7.11 Å². The standard InChI is InChI=1S/C13H10F2N2O2/c1-19-10-5-3-2-4-9(10)17-13(18)8-6-7-16-12(15)11(8)14/h2-7H,1H3,(H,17,18). The zero-order valence-electron chi connectivity index (χ0n) is 9.98. The molecule has 98 valence electrons. The summed E-state index contributed by atoms with van der Waals surface area (Å²) < 4.78 is 31.4. The van der Waals surface area contributed by atoms with Gasteiger partial charge < -0.3 is 10.1 Å². The van der Waals surface area contributed by atoms with E-state index in [4.69, 9.17) is 4.74 Å². The molecule has 0 unspecified atom stereocenters. The predicted molar refractivity (Wildman–Crippen MR) is 65.1 cm³/mol. The molecule has 0 atom stereocenters. The summed E-state index contributed by atoms with van der Waals surface area (Å²) in [5.41, 5.74) is -0.0509. The number of ether oxygens (including phenoxy) is 1. The molecule has 0 radical (unpaired) electrons. The maximum atomic E-state index is 13.4. The Bertz CT molecular complexity index is 617. The van der Waals surface area contributed by atoms with Gasteiger partial charge in [-0.2, -0.15) is 4.39 Å². The van der Waals surface area contributed by atoms with Crippen LogP contribution in [-0.2, 0) is 0 Å². The number of aromatic nitrogens is 1. The zero-order valence-corrected chi connectivity index (χ0v) is 9.98. The number of nitrogens with zero attached hydrogens (tertiary/aromatic N) is 1. The van der Waals surface area contributed by atoms with E-state index < -0.39 is 23.2 Å². The molecule has 0 saturated heterocycles. The van der Waals surface area contributed by atoms with E-state index in [1.54, 1.807) is 24.3 Å². The molecule has 1 aromatic carbocycles. The van der Waals surface area contributed by atoms with Gasteiger partial charge >= 0.3 is 0 Å². The lowest BCUT2D eigenvalue weighted by Gasteiger charge is -2.10. The largest absolute Gasteiger partial charge is 0.495 e. The molecule has 0 aliphatic carbocycles. The number of hydrogen-bond acceptors (Lipinski definition) is 3. The van der Waals surface area contributed by atoms with Crippen LogP contribution < -0.4 is 10.1 Å². The summed E-state index contributed by atoms with van der Waals surface area (Å²) in [5.74, 6) is -2.95. The maximum absolute atomic E-state index is 13.4. The topological polar surface area (TPSA) is 51.2 Å². The van der Waals surface area contributed by atoms with Crippen LogP contribution in [0.3, 0.4) is 0 Å². The summed E-state index contributed by atoms with van der Waals surface area (Å²) in [5, 5.41) is 2.45. The molecular formula is C13H10F2N2O2. The molecule has 0 fully saturated rings. The van der Waals surface area contributed by atoms with Gasteiger partial charge in [0.05, 0.1) is 18.4 Å². The van der Waals surface area contributed by atoms with Crippen molar-refractivity contribution >= 4 is 11.6 Å². The molecule has 6 heteroatoms. The summed E-state index contributed by atoms with van der Waals surface area (Å²) in [4.78, 5) is 15.0. The summed E-state index contributed by atoms with van der Waals surface area (Å²) in [6.45, 7) is 0. The summed E-state index contributed by atoms with van der Waals surface area (Å²) in [7, 11) is 1.44. The van der Waals surface area contributed by atoms with Gasteiger partial charge in [0.15, 0.2) is 5.82 Å². The fraction of sp³-hybridized carbons (Fsp3) is 0.0769. The predicted octanol–water partition coefficient (Wildman–Crippen LogP) is 2.62.